The van der Waals surface area contributed by atoms with E-state index in [-0.39, 0.29) is 4.90 Å². The van der Waals surface area contributed by atoms with Crippen molar-refractivity contribution in [2.75, 3.05) is 0 Å². The molecule has 3 aromatic carbocycles. The standard InChI is InChI=1S/C22H17NO2S/c24-26(25,19-14-8-3-9-15-19)22-20(17-10-4-1-5-11-17)16-23-21(22)18-12-6-2-7-13-18/h1-16,23H. The number of hydrogen-bond acceptors (Lipinski definition) is 2. The van der Waals surface area contributed by atoms with Crippen LogP contribution in [0.4, 0.5) is 0 Å². The Labute approximate surface area is 152 Å². The molecule has 0 aliphatic rings. The van der Waals surface area contributed by atoms with Crippen LogP contribution < -0.4 is 0 Å². The summed E-state index contributed by atoms with van der Waals surface area (Å²) in [5, 5.41) is 0. The van der Waals surface area contributed by atoms with Crippen molar-refractivity contribution in [1.29, 1.82) is 0 Å². The zero-order valence-corrected chi connectivity index (χ0v) is 14.8. The summed E-state index contributed by atoms with van der Waals surface area (Å²) in [4.78, 5) is 3.78. The minimum Gasteiger partial charge on any atom is -0.359 e. The topological polar surface area (TPSA) is 49.9 Å². The van der Waals surface area contributed by atoms with Gasteiger partial charge in [0.05, 0.1) is 10.6 Å². The molecule has 1 heterocycles. The van der Waals surface area contributed by atoms with Crippen molar-refractivity contribution in [3.05, 3.63) is 97.2 Å². The van der Waals surface area contributed by atoms with Crippen molar-refractivity contribution >= 4 is 9.84 Å². The summed E-state index contributed by atoms with van der Waals surface area (Å²) in [5.41, 5.74) is 2.98. The normalized spacial score (nSPS) is 11.4. The average Bonchev–Trinajstić information content (AvgIpc) is 3.16. The maximum Gasteiger partial charge on any atom is 0.209 e. The number of nitrogens with one attached hydrogen (secondary N) is 1. The second kappa shape index (κ2) is 6.65. The molecule has 0 bridgehead atoms. The molecular formula is C22H17NO2S. The molecular weight excluding hydrogens is 342 g/mol. The number of aromatic amines is 1. The van der Waals surface area contributed by atoms with Crippen molar-refractivity contribution in [3.8, 4) is 22.4 Å². The summed E-state index contributed by atoms with van der Waals surface area (Å²) in [6.45, 7) is 0. The zero-order chi connectivity index (χ0) is 18.0. The first-order valence-corrected chi connectivity index (χ1v) is 9.78. The van der Waals surface area contributed by atoms with Crippen molar-refractivity contribution < 1.29 is 8.42 Å². The van der Waals surface area contributed by atoms with Gasteiger partial charge in [0.1, 0.15) is 4.90 Å². The van der Waals surface area contributed by atoms with Crippen molar-refractivity contribution in [2.45, 2.75) is 9.79 Å². The first-order chi connectivity index (χ1) is 12.7. The predicted octanol–water partition coefficient (Wildman–Crippen LogP) is 5.18. The third-order valence-electron chi connectivity index (χ3n) is 4.30. The fourth-order valence-corrected chi connectivity index (χ4v) is 4.72. The van der Waals surface area contributed by atoms with E-state index >= 15 is 0 Å². The van der Waals surface area contributed by atoms with E-state index in [2.05, 4.69) is 4.98 Å². The predicted molar refractivity (Wildman–Crippen MR) is 104 cm³/mol. The summed E-state index contributed by atoms with van der Waals surface area (Å²) < 4.78 is 26.9. The zero-order valence-electron chi connectivity index (χ0n) is 14.0. The van der Waals surface area contributed by atoms with Crippen LogP contribution >= 0.6 is 0 Å². The molecule has 3 nitrogen and oxygen atoms in total. The quantitative estimate of drug-likeness (QED) is 0.546. The van der Waals surface area contributed by atoms with E-state index in [1.807, 2.05) is 66.7 Å². The van der Waals surface area contributed by atoms with Crippen molar-refractivity contribution in [3.63, 3.8) is 0 Å². The fraction of sp³-hybridized carbons (Fsp3) is 0. The minimum atomic E-state index is -3.68. The van der Waals surface area contributed by atoms with Gasteiger partial charge in [-0.1, -0.05) is 78.9 Å². The average molecular weight is 359 g/mol. The summed E-state index contributed by atoms with van der Waals surface area (Å²) in [6.07, 6.45) is 1.77. The number of benzene rings is 3. The van der Waals surface area contributed by atoms with Gasteiger partial charge in [0, 0.05) is 11.8 Å². The molecule has 1 N–H and O–H groups in total. The van der Waals surface area contributed by atoms with E-state index < -0.39 is 9.84 Å². The van der Waals surface area contributed by atoms with Crippen LogP contribution in [-0.2, 0) is 9.84 Å². The highest BCUT2D eigenvalue weighted by molar-refractivity contribution is 7.91. The lowest BCUT2D eigenvalue weighted by molar-refractivity contribution is 0.597. The van der Waals surface area contributed by atoms with E-state index in [4.69, 9.17) is 0 Å². The lowest BCUT2D eigenvalue weighted by Crippen LogP contribution is -2.04. The molecule has 0 atom stereocenters. The van der Waals surface area contributed by atoms with Gasteiger partial charge in [-0.2, -0.15) is 0 Å². The number of sulfone groups is 1. The summed E-state index contributed by atoms with van der Waals surface area (Å²) >= 11 is 0. The Kier molecular flexibility index (Phi) is 4.19. The lowest BCUT2D eigenvalue weighted by Gasteiger charge is -2.10. The highest BCUT2D eigenvalue weighted by Gasteiger charge is 2.27. The van der Waals surface area contributed by atoms with E-state index in [1.54, 1.807) is 30.5 Å². The third-order valence-corrected chi connectivity index (χ3v) is 6.16. The van der Waals surface area contributed by atoms with Crippen LogP contribution in [0.5, 0.6) is 0 Å². The molecule has 0 fully saturated rings. The van der Waals surface area contributed by atoms with Crippen LogP contribution in [0.25, 0.3) is 22.4 Å². The molecule has 4 heteroatoms. The Hall–Kier alpha value is -3.11. The summed E-state index contributed by atoms with van der Waals surface area (Å²) in [6, 6.07) is 27.6. The first kappa shape index (κ1) is 16.4. The number of aromatic nitrogens is 1. The monoisotopic (exact) mass is 359 g/mol. The van der Waals surface area contributed by atoms with Gasteiger partial charge in [0.25, 0.3) is 0 Å². The Bertz CT molecular complexity index is 1060. The molecule has 0 radical (unpaired) electrons. The van der Waals surface area contributed by atoms with Crippen molar-refractivity contribution in [1.82, 2.24) is 4.98 Å². The molecule has 0 unspecified atom stereocenters. The van der Waals surface area contributed by atoms with E-state index in [0.29, 0.717) is 16.2 Å². The van der Waals surface area contributed by atoms with Crippen LogP contribution in [-0.4, -0.2) is 13.4 Å². The molecule has 1 aromatic heterocycles. The number of H-pyrrole nitrogens is 1. The molecule has 4 rings (SSSR count). The molecule has 0 saturated heterocycles. The Balaban J connectivity index is 2.01. The SMILES string of the molecule is O=S(=O)(c1ccccc1)c1c(-c2ccccc2)c[nH]c1-c1ccccc1. The maximum atomic E-state index is 13.5. The number of rotatable bonds is 4. The summed E-state index contributed by atoms with van der Waals surface area (Å²) in [5.74, 6) is 0. The fourth-order valence-electron chi connectivity index (χ4n) is 3.06. The number of hydrogen-bond donors (Lipinski definition) is 1. The smallest absolute Gasteiger partial charge is 0.209 e. The Morgan fingerprint density at radius 2 is 1.12 bits per heavy atom. The Morgan fingerprint density at radius 3 is 1.69 bits per heavy atom. The second-order valence-corrected chi connectivity index (χ2v) is 7.84. The lowest BCUT2D eigenvalue weighted by atomic mass is 10.1. The van der Waals surface area contributed by atoms with Crippen LogP contribution in [0.3, 0.4) is 0 Å². The molecule has 128 valence electrons. The molecule has 0 amide bonds. The molecule has 0 aliphatic carbocycles. The van der Waals surface area contributed by atoms with Gasteiger partial charge < -0.3 is 4.98 Å². The summed E-state index contributed by atoms with van der Waals surface area (Å²) in [7, 11) is -3.68. The molecule has 4 aromatic rings. The van der Waals surface area contributed by atoms with E-state index in [0.717, 1.165) is 11.1 Å². The van der Waals surface area contributed by atoms with Gasteiger partial charge in [-0.25, -0.2) is 8.42 Å². The Morgan fingerprint density at radius 1 is 0.615 bits per heavy atom. The van der Waals surface area contributed by atoms with Gasteiger partial charge in [-0.15, -0.1) is 0 Å². The van der Waals surface area contributed by atoms with Crippen LogP contribution in [0.15, 0.2) is 107 Å². The van der Waals surface area contributed by atoms with Crippen LogP contribution in [0.2, 0.25) is 0 Å². The van der Waals surface area contributed by atoms with Gasteiger partial charge in [-0.3, -0.25) is 0 Å². The van der Waals surface area contributed by atoms with Gasteiger partial charge in [-0.05, 0) is 23.3 Å². The van der Waals surface area contributed by atoms with Gasteiger partial charge in [0.15, 0.2) is 0 Å². The van der Waals surface area contributed by atoms with Crippen LogP contribution in [0, 0.1) is 0 Å². The van der Waals surface area contributed by atoms with Crippen molar-refractivity contribution in [2.24, 2.45) is 0 Å². The molecule has 0 saturated carbocycles. The minimum absolute atomic E-state index is 0.286. The largest absolute Gasteiger partial charge is 0.359 e. The van der Waals surface area contributed by atoms with Gasteiger partial charge >= 0.3 is 0 Å². The second-order valence-electron chi connectivity index (χ2n) is 5.96. The van der Waals surface area contributed by atoms with Gasteiger partial charge in [0.2, 0.25) is 9.84 Å². The third kappa shape index (κ3) is 2.85. The molecule has 0 spiro atoms. The van der Waals surface area contributed by atoms with E-state index in [1.165, 1.54) is 0 Å². The maximum absolute atomic E-state index is 13.5. The highest BCUT2D eigenvalue weighted by atomic mass is 32.2. The highest BCUT2D eigenvalue weighted by Crippen LogP contribution is 2.38. The first-order valence-electron chi connectivity index (χ1n) is 8.30. The van der Waals surface area contributed by atoms with Crippen LogP contribution in [0.1, 0.15) is 0 Å². The molecule has 0 aliphatic heterocycles. The van der Waals surface area contributed by atoms with E-state index in [9.17, 15) is 8.42 Å². The molecule has 26 heavy (non-hydrogen) atoms.